The van der Waals surface area contributed by atoms with Crippen molar-refractivity contribution in [3.05, 3.63) is 46.2 Å². The number of rotatable bonds is 8. The number of benzene rings is 1. The Kier molecular flexibility index (Phi) is 6.81. The molecule has 0 spiro atoms. The maximum absolute atomic E-state index is 11.8. The van der Waals surface area contributed by atoms with Gasteiger partial charge in [-0.1, -0.05) is 6.07 Å². The number of ether oxygens (including phenoxy) is 1. The molecule has 1 aromatic carbocycles. The predicted octanol–water partition coefficient (Wildman–Crippen LogP) is 3.30. The van der Waals surface area contributed by atoms with E-state index in [1.54, 1.807) is 24.7 Å². The molecular weight excluding hydrogens is 322 g/mol. The summed E-state index contributed by atoms with van der Waals surface area (Å²) < 4.78 is 5.44. The van der Waals surface area contributed by atoms with E-state index >= 15 is 0 Å². The Bertz CT molecular complexity index is 680. The first kappa shape index (κ1) is 18.0. The lowest BCUT2D eigenvalue weighted by Gasteiger charge is -2.21. The summed E-state index contributed by atoms with van der Waals surface area (Å²) in [6.07, 6.45) is 1.95. The summed E-state index contributed by atoms with van der Waals surface area (Å²) in [5.41, 5.74) is 4.48. The number of hydrogen-bond acceptors (Lipinski definition) is 5. The maximum Gasteiger partial charge on any atom is 0.245 e. The highest BCUT2D eigenvalue weighted by Crippen LogP contribution is 2.24. The van der Waals surface area contributed by atoms with Crippen LogP contribution in [0, 0.1) is 0 Å². The Hall–Kier alpha value is -2.34. The smallest absolute Gasteiger partial charge is 0.245 e. The van der Waals surface area contributed by atoms with Crippen molar-refractivity contribution >= 4 is 29.1 Å². The van der Waals surface area contributed by atoms with Gasteiger partial charge in [0.2, 0.25) is 5.91 Å². The molecule has 0 bridgehead atoms. The van der Waals surface area contributed by atoms with Gasteiger partial charge in [0, 0.05) is 35.3 Å². The zero-order valence-electron chi connectivity index (χ0n) is 14.3. The van der Waals surface area contributed by atoms with Crippen LogP contribution in [0.4, 0.5) is 5.69 Å². The molecular formula is C18H23N3O2S. The topological polar surface area (TPSA) is 53.9 Å². The average molecular weight is 345 g/mol. The van der Waals surface area contributed by atoms with Crippen LogP contribution in [0.3, 0.4) is 0 Å². The summed E-state index contributed by atoms with van der Waals surface area (Å²) in [4.78, 5) is 15.1. The van der Waals surface area contributed by atoms with Crippen molar-refractivity contribution in [2.45, 2.75) is 20.3 Å². The second kappa shape index (κ2) is 9.08. The molecule has 2 aromatic rings. The summed E-state index contributed by atoms with van der Waals surface area (Å²) >= 11 is 1.56. The van der Waals surface area contributed by atoms with Crippen molar-refractivity contribution in [3.63, 3.8) is 0 Å². The Morgan fingerprint density at radius 2 is 2.12 bits per heavy atom. The van der Waals surface area contributed by atoms with E-state index in [1.165, 1.54) is 0 Å². The standard InChI is InChI=1S/C18H23N3O2S/c1-4-21(5-2)15-9-8-14(17(11-15)23-3)13-19-20-18(22)12-16-7-6-10-24-16/h6-11,13H,4-5,12H2,1-3H3,(H,20,22)/b19-13-. The van der Waals surface area contributed by atoms with Crippen molar-refractivity contribution in [1.82, 2.24) is 5.43 Å². The summed E-state index contributed by atoms with van der Waals surface area (Å²) in [5.74, 6) is 0.600. The van der Waals surface area contributed by atoms with Gasteiger partial charge in [-0.3, -0.25) is 4.79 Å². The van der Waals surface area contributed by atoms with E-state index in [0.717, 1.165) is 35.0 Å². The number of anilines is 1. The number of hydrogen-bond donors (Lipinski definition) is 1. The molecule has 0 atom stereocenters. The Balaban J connectivity index is 2.01. The molecule has 0 aliphatic rings. The molecule has 1 heterocycles. The number of thiophene rings is 1. The van der Waals surface area contributed by atoms with Gasteiger partial charge in [0.25, 0.3) is 0 Å². The molecule has 128 valence electrons. The number of nitrogens with one attached hydrogen (secondary N) is 1. The minimum absolute atomic E-state index is 0.132. The lowest BCUT2D eigenvalue weighted by atomic mass is 10.2. The van der Waals surface area contributed by atoms with Gasteiger partial charge in [-0.05, 0) is 37.4 Å². The zero-order chi connectivity index (χ0) is 17.4. The second-order valence-electron chi connectivity index (χ2n) is 5.15. The first-order valence-corrected chi connectivity index (χ1v) is 8.83. The fourth-order valence-corrected chi connectivity index (χ4v) is 3.08. The third kappa shape index (κ3) is 4.83. The Morgan fingerprint density at radius 1 is 1.33 bits per heavy atom. The summed E-state index contributed by atoms with van der Waals surface area (Å²) in [7, 11) is 1.63. The third-order valence-corrected chi connectivity index (χ3v) is 4.53. The van der Waals surface area contributed by atoms with Gasteiger partial charge >= 0.3 is 0 Å². The normalized spacial score (nSPS) is 10.8. The molecule has 0 aliphatic carbocycles. The highest BCUT2D eigenvalue weighted by atomic mass is 32.1. The largest absolute Gasteiger partial charge is 0.496 e. The molecule has 0 saturated heterocycles. The molecule has 5 nitrogen and oxygen atoms in total. The van der Waals surface area contributed by atoms with E-state index in [9.17, 15) is 4.79 Å². The summed E-state index contributed by atoms with van der Waals surface area (Å²) in [5, 5.41) is 5.98. The maximum atomic E-state index is 11.8. The van der Waals surface area contributed by atoms with Crippen LogP contribution < -0.4 is 15.1 Å². The van der Waals surface area contributed by atoms with Crippen LogP contribution in [0.1, 0.15) is 24.3 Å². The zero-order valence-corrected chi connectivity index (χ0v) is 15.1. The van der Waals surface area contributed by atoms with Gasteiger partial charge in [0.1, 0.15) is 5.75 Å². The van der Waals surface area contributed by atoms with Crippen LogP contribution >= 0.6 is 11.3 Å². The van der Waals surface area contributed by atoms with Gasteiger partial charge in [-0.15, -0.1) is 11.3 Å². The van der Waals surface area contributed by atoms with Crippen LogP contribution in [-0.2, 0) is 11.2 Å². The van der Waals surface area contributed by atoms with Crippen molar-refractivity contribution in [2.75, 3.05) is 25.1 Å². The predicted molar refractivity (Wildman–Crippen MR) is 100 cm³/mol. The lowest BCUT2D eigenvalue weighted by Crippen LogP contribution is -2.21. The minimum Gasteiger partial charge on any atom is -0.496 e. The quantitative estimate of drug-likeness (QED) is 0.590. The molecule has 0 unspecified atom stereocenters. The molecule has 1 N–H and O–H groups in total. The number of amides is 1. The molecule has 0 aliphatic heterocycles. The van der Waals surface area contributed by atoms with Crippen molar-refractivity contribution < 1.29 is 9.53 Å². The van der Waals surface area contributed by atoms with E-state index < -0.39 is 0 Å². The minimum atomic E-state index is -0.132. The SMILES string of the molecule is CCN(CC)c1ccc(/C=N\NC(=O)Cc2cccs2)c(OC)c1. The first-order chi connectivity index (χ1) is 11.7. The van der Waals surface area contributed by atoms with Crippen LogP contribution in [0.25, 0.3) is 0 Å². The van der Waals surface area contributed by atoms with Gasteiger partial charge in [-0.25, -0.2) is 5.43 Å². The molecule has 0 fully saturated rings. The van der Waals surface area contributed by atoms with E-state index in [1.807, 2.05) is 35.7 Å². The molecule has 0 radical (unpaired) electrons. The summed E-state index contributed by atoms with van der Waals surface area (Å²) in [6.45, 7) is 6.11. The second-order valence-corrected chi connectivity index (χ2v) is 6.18. The molecule has 24 heavy (non-hydrogen) atoms. The van der Waals surface area contributed by atoms with Crippen LogP contribution in [0.2, 0.25) is 0 Å². The van der Waals surface area contributed by atoms with Crippen molar-refractivity contribution in [1.29, 1.82) is 0 Å². The fraction of sp³-hybridized carbons (Fsp3) is 0.333. The van der Waals surface area contributed by atoms with E-state index in [4.69, 9.17) is 4.74 Å². The number of hydrazone groups is 1. The highest BCUT2D eigenvalue weighted by Gasteiger charge is 2.07. The lowest BCUT2D eigenvalue weighted by molar-refractivity contribution is -0.120. The van der Waals surface area contributed by atoms with Crippen molar-refractivity contribution in [2.24, 2.45) is 5.10 Å². The van der Waals surface area contributed by atoms with E-state index in [0.29, 0.717) is 6.42 Å². The third-order valence-electron chi connectivity index (χ3n) is 3.65. The number of carbonyl (C=O) groups is 1. The molecule has 1 amide bonds. The van der Waals surface area contributed by atoms with Gasteiger partial charge in [0.05, 0.1) is 19.7 Å². The van der Waals surface area contributed by atoms with Gasteiger partial charge in [-0.2, -0.15) is 5.10 Å². The number of nitrogens with zero attached hydrogens (tertiary/aromatic N) is 2. The van der Waals surface area contributed by atoms with Gasteiger partial charge in [0.15, 0.2) is 0 Å². The molecule has 1 aromatic heterocycles. The summed E-state index contributed by atoms with van der Waals surface area (Å²) in [6, 6.07) is 9.83. The fourth-order valence-electron chi connectivity index (χ4n) is 2.38. The van der Waals surface area contributed by atoms with Crippen LogP contribution in [-0.4, -0.2) is 32.3 Å². The average Bonchev–Trinajstić information content (AvgIpc) is 3.09. The van der Waals surface area contributed by atoms with E-state index in [-0.39, 0.29) is 5.91 Å². The van der Waals surface area contributed by atoms with Crippen LogP contribution in [0.5, 0.6) is 5.75 Å². The van der Waals surface area contributed by atoms with Crippen molar-refractivity contribution in [3.8, 4) is 5.75 Å². The molecule has 0 saturated carbocycles. The molecule has 2 rings (SSSR count). The number of carbonyl (C=O) groups excluding carboxylic acids is 1. The Morgan fingerprint density at radius 3 is 2.75 bits per heavy atom. The number of methoxy groups -OCH3 is 1. The van der Waals surface area contributed by atoms with Crippen LogP contribution in [0.15, 0.2) is 40.8 Å². The first-order valence-electron chi connectivity index (χ1n) is 7.95. The monoisotopic (exact) mass is 345 g/mol. The highest BCUT2D eigenvalue weighted by molar-refractivity contribution is 7.10. The molecule has 6 heteroatoms. The van der Waals surface area contributed by atoms with Gasteiger partial charge < -0.3 is 9.64 Å². The van der Waals surface area contributed by atoms with E-state index in [2.05, 4.69) is 29.3 Å². The Labute approximate surface area is 146 Å².